The van der Waals surface area contributed by atoms with Gasteiger partial charge >= 0.3 is 0 Å². The van der Waals surface area contributed by atoms with Crippen LogP contribution in [0.1, 0.15) is 11.1 Å². The zero-order valence-electron chi connectivity index (χ0n) is 27.0. The van der Waals surface area contributed by atoms with Gasteiger partial charge in [-0.2, -0.15) is 5.26 Å². The van der Waals surface area contributed by atoms with E-state index in [-0.39, 0.29) is 0 Å². The fourth-order valence-corrected chi connectivity index (χ4v) is 5.77. The van der Waals surface area contributed by atoms with Gasteiger partial charge in [-0.05, 0) is 105 Å². The first-order valence-corrected chi connectivity index (χ1v) is 15.4. The highest BCUT2D eigenvalue weighted by molar-refractivity contribution is 6.21. The van der Waals surface area contributed by atoms with Gasteiger partial charge in [0.15, 0.2) is 0 Å². The van der Waals surface area contributed by atoms with E-state index >= 15 is 0 Å². The molecular weight excluding hydrogens is 579 g/mol. The minimum absolute atomic E-state index is 0.796. The zero-order valence-corrected chi connectivity index (χ0v) is 27.0. The lowest BCUT2D eigenvalue weighted by atomic mass is 9.60. The highest BCUT2D eigenvalue weighted by Crippen LogP contribution is 2.39. The third kappa shape index (κ3) is 6.56. The van der Waals surface area contributed by atoms with E-state index in [0.717, 1.165) is 73.1 Å². The van der Waals surface area contributed by atoms with E-state index < -0.39 is 5.31 Å². The summed E-state index contributed by atoms with van der Waals surface area (Å²) >= 11 is 0. The largest absolute Gasteiger partial charge is 0.497 e. The Morgan fingerprint density at radius 3 is 1.28 bits per heavy atom. The highest BCUT2D eigenvalue weighted by atomic mass is 16.5. The lowest BCUT2D eigenvalue weighted by Gasteiger charge is -2.27. The van der Waals surface area contributed by atoms with Crippen molar-refractivity contribution in [3.63, 3.8) is 0 Å². The van der Waals surface area contributed by atoms with Crippen molar-refractivity contribution in [1.82, 2.24) is 0 Å². The van der Waals surface area contributed by atoms with E-state index in [2.05, 4.69) is 90.2 Å². The second kappa shape index (κ2) is 13.6. The number of anilines is 2. The van der Waals surface area contributed by atoms with Crippen LogP contribution in [0, 0.1) is 11.3 Å². The van der Waals surface area contributed by atoms with Crippen LogP contribution in [-0.2, 0) is 5.31 Å². The summed E-state index contributed by atoms with van der Waals surface area (Å²) in [7, 11) is 6.98. The summed E-state index contributed by atoms with van der Waals surface area (Å²) in [6, 6.07) is 49.5. The van der Waals surface area contributed by atoms with Crippen molar-refractivity contribution in [3.8, 4) is 56.7 Å². The van der Waals surface area contributed by atoms with Crippen molar-refractivity contribution in [2.75, 3.05) is 26.6 Å². The number of nitrogens with one attached hydrogen (secondary N) is 1. The Hall–Kier alpha value is -5.93. The van der Waals surface area contributed by atoms with Gasteiger partial charge in [-0.3, -0.25) is 0 Å². The van der Waals surface area contributed by atoms with Gasteiger partial charge in [0.25, 0.3) is 0 Å². The van der Waals surface area contributed by atoms with Gasteiger partial charge in [-0.15, -0.1) is 0 Å². The molecular formula is C41H35BN2O3. The SMILES string of the molecule is BC(C#N)(c1ccc(-c2ccc(OC)cc2)cc1)c1cc(-c2ccc(OC)cc2)ccc1Nc1ccc(-c2ccc(OC)cc2)cc1. The maximum absolute atomic E-state index is 10.8. The van der Waals surface area contributed by atoms with Crippen LogP contribution in [0.2, 0.25) is 0 Å². The van der Waals surface area contributed by atoms with Crippen molar-refractivity contribution in [2.45, 2.75) is 5.31 Å². The Labute approximate surface area is 277 Å². The third-order valence-electron chi connectivity index (χ3n) is 8.68. The molecule has 0 aliphatic rings. The average Bonchev–Trinajstić information content (AvgIpc) is 3.15. The van der Waals surface area contributed by atoms with Crippen LogP contribution in [-0.4, -0.2) is 29.2 Å². The van der Waals surface area contributed by atoms with E-state index in [9.17, 15) is 5.26 Å². The molecule has 0 fully saturated rings. The van der Waals surface area contributed by atoms with Crippen LogP contribution < -0.4 is 19.5 Å². The Morgan fingerprint density at radius 1 is 0.511 bits per heavy atom. The molecule has 0 saturated heterocycles. The Kier molecular flexibility index (Phi) is 8.99. The van der Waals surface area contributed by atoms with E-state index in [1.807, 2.05) is 68.5 Å². The molecule has 0 bridgehead atoms. The number of hydrogen-bond acceptors (Lipinski definition) is 5. The number of methoxy groups -OCH3 is 3. The highest BCUT2D eigenvalue weighted by Gasteiger charge is 2.32. The second-order valence-electron chi connectivity index (χ2n) is 11.5. The summed E-state index contributed by atoms with van der Waals surface area (Å²) in [6.07, 6.45) is 0. The minimum atomic E-state index is -0.952. The van der Waals surface area contributed by atoms with Gasteiger partial charge in [-0.25, -0.2) is 0 Å². The van der Waals surface area contributed by atoms with Crippen LogP contribution in [0.3, 0.4) is 0 Å². The van der Waals surface area contributed by atoms with Crippen LogP contribution in [0.5, 0.6) is 17.2 Å². The summed E-state index contributed by atoms with van der Waals surface area (Å²) in [5.41, 5.74) is 9.99. The van der Waals surface area contributed by atoms with Crippen molar-refractivity contribution in [1.29, 1.82) is 5.26 Å². The minimum Gasteiger partial charge on any atom is -0.497 e. The van der Waals surface area contributed by atoms with Gasteiger partial charge in [0, 0.05) is 11.4 Å². The molecule has 1 atom stereocenters. The zero-order chi connectivity index (χ0) is 32.8. The average molecular weight is 615 g/mol. The molecule has 0 saturated carbocycles. The van der Waals surface area contributed by atoms with Crippen LogP contribution >= 0.6 is 0 Å². The lowest BCUT2D eigenvalue weighted by molar-refractivity contribution is 0.415. The van der Waals surface area contributed by atoms with Crippen molar-refractivity contribution >= 4 is 19.2 Å². The van der Waals surface area contributed by atoms with E-state index in [1.165, 1.54) is 0 Å². The van der Waals surface area contributed by atoms with Crippen LogP contribution in [0.4, 0.5) is 11.4 Å². The van der Waals surface area contributed by atoms with Crippen LogP contribution in [0.25, 0.3) is 33.4 Å². The monoisotopic (exact) mass is 614 g/mol. The molecule has 1 unspecified atom stereocenters. The summed E-state index contributed by atoms with van der Waals surface area (Å²) in [5, 5.41) is 13.5. The predicted molar refractivity (Wildman–Crippen MR) is 194 cm³/mol. The molecule has 0 aliphatic heterocycles. The Bertz CT molecular complexity index is 2000. The number of ether oxygens (including phenoxy) is 3. The molecule has 0 heterocycles. The predicted octanol–water partition coefficient (Wildman–Crippen LogP) is 8.86. The number of nitrogens with zero attached hydrogens (tertiary/aromatic N) is 1. The number of benzene rings is 6. The smallest absolute Gasteiger partial charge is 0.139 e. The van der Waals surface area contributed by atoms with Crippen molar-refractivity contribution in [2.24, 2.45) is 0 Å². The molecule has 0 spiro atoms. The molecule has 6 rings (SSSR count). The first kappa shape index (κ1) is 31.1. The number of rotatable bonds is 10. The normalized spacial score (nSPS) is 12.0. The molecule has 230 valence electrons. The van der Waals surface area contributed by atoms with Crippen LogP contribution in [0.15, 0.2) is 140 Å². The first-order valence-electron chi connectivity index (χ1n) is 15.4. The van der Waals surface area contributed by atoms with E-state index in [1.54, 1.807) is 21.3 Å². The van der Waals surface area contributed by atoms with Crippen molar-refractivity contribution < 1.29 is 14.2 Å². The maximum Gasteiger partial charge on any atom is 0.139 e. The molecule has 0 amide bonds. The summed E-state index contributed by atoms with van der Waals surface area (Å²) < 4.78 is 16.0. The molecule has 0 aliphatic carbocycles. The first-order chi connectivity index (χ1) is 22.9. The molecule has 6 heteroatoms. The van der Waals surface area contributed by atoms with E-state index in [0.29, 0.717) is 0 Å². The third-order valence-corrected chi connectivity index (χ3v) is 8.68. The van der Waals surface area contributed by atoms with Gasteiger partial charge in [-0.1, -0.05) is 78.9 Å². The second-order valence-corrected chi connectivity index (χ2v) is 11.5. The van der Waals surface area contributed by atoms with Gasteiger partial charge in [0.05, 0.1) is 32.7 Å². The Balaban J connectivity index is 1.37. The quantitative estimate of drug-likeness (QED) is 0.156. The molecule has 0 radical (unpaired) electrons. The van der Waals surface area contributed by atoms with Gasteiger partial charge in [0.1, 0.15) is 25.1 Å². The number of hydrogen-bond donors (Lipinski definition) is 1. The maximum atomic E-state index is 10.8. The molecule has 6 aromatic carbocycles. The molecule has 1 N–H and O–H groups in total. The fourth-order valence-electron chi connectivity index (χ4n) is 5.77. The summed E-state index contributed by atoms with van der Waals surface area (Å²) in [4.78, 5) is 0. The Morgan fingerprint density at radius 2 is 0.872 bits per heavy atom. The van der Waals surface area contributed by atoms with Gasteiger partial charge < -0.3 is 19.5 Å². The van der Waals surface area contributed by atoms with Gasteiger partial charge in [0.2, 0.25) is 0 Å². The molecule has 6 aromatic rings. The summed E-state index contributed by atoms with van der Waals surface area (Å²) in [5.74, 6) is 2.44. The van der Waals surface area contributed by atoms with Crippen molar-refractivity contribution in [3.05, 3.63) is 151 Å². The van der Waals surface area contributed by atoms with E-state index in [4.69, 9.17) is 14.2 Å². The standard InChI is InChI=1S/C41H35BN2O3/c1-45-36-19-8-30(9-20-36)28-4-15-34(16-5-28)41(42,27-43)39-26-33(32-12-23-38(47-3)24-13-32)14-25-40(39)44-35-17-6-29(7-18-35)31-10-21-37(46-2)22-11-31/h4-26,44H,42H2,1-3H3. The summed E-state index contributed by atoms with van der Waals surface area (Å²) in [6.45, 7) is 0. The number of nitriles is 1. The molecule has 5 nitrogen and oxygen atoms in total. The fraction of sp³-hybridized carbons (Fsp3) is 0.0976. The topological polar surface area (TPSA) is 63.5 Å². The lowest BCUT2D eigenvalue weighted by Crippen LogP contribution is -2.27. The molecule has 0 aromatic heterocycles. The molecule has 47 heavy (non-hydrogen) atoms.